The van der Waals surface area contributed by atoms with E-state index in [0.717, 1.165) is 19.2 Å². The van der Waals surface area contributed by atoms with Gasteiger partial charge in [-0.1, -0.05) is 22.8 Å². The van der Waals surface area contributed by atoms with Crippen molar-refractivity contribution in [2.45, 2.75) is 24.4 Å². The van der Waals surface area contributed by atoms with E-state index in [2.05, 4.69) is 15.1 Å². The number of carboxylic acid groups (broad SMARTS) is 1. The van der Waals surface area contributed by atoms with Gasteiger partial charge in [-0.2, -0.15) is 31.4 Å². The molecule has 0 saturated carbocycles. The molecule has 0 radical (unpaired) electrons. The fourth-order valence-electron chi connectivity index (χ4n) is 2.88. The van der Waals surface area contributed by atoms with Crippen molar-refractivity contribution in [1.82, 2.24) is 9.78 Å². The summed E-state index contributed by atoms with van der Waals surface area (Å²) < 4.78 is 80.8. The Morgan fingerprint density at radius 2 is 1.90 bits per heavy atom. The lowest BCUT2D eigenvalue weighted by atomic mass is 9.89. The first-order valence-corrected chi connectivity index (χ1v) is 8.11. The highest BCUT2D eigenvalue weighted by Crippen LogP contribution is 2.49. The zero-order valence-corrected chi connectivity index (χ0v) is 15.0. The molecule has 156 valence electrons. The number of halogens is 7. The van der Waals surface area contributed by atoms with E-state index in [-0.39, 0.29) is 27.9 Å². The smallest absolute Gasteiger partial charge is 0.437 e. The number of carboxylic acids is 1. The van der Waals surface area contributed by atoms with Gasteiger partial charge >= 0.3 is 18.3 Å². The summed E-state index contributed by atoms with van der Waals surface area (Å²) in [7, 11) is 0.921. The third-order valence-electron chi connectivity index (χ3n) is 4.30. The van der Waals surface area contributed by atoms with Gasteiger partial charge in [-0.05, 0) is 18.2 Å². The molecule has 13 heteroatoms. The van der Waals surface area contributed by atoms with Crippen LogP contribution in [0.25, 0.3) is 0 Å². The normalized spacial score (nSPS) is 19.8. The van der Waals surface area contributed by atoms with E-state index in [0.29, 0.717) is 4.68 Å². The minimum Gasteiger partial charge on any atom is -0.478 e. The molecule has 3 rings (SSSR count). The quantitative estimate of drug-likeness (QED) is 0.718. The van der Waals surface area contributed by atoms with Gasteiger partial charge in [0.05, 0.1) is 28.4 Å². The van der Waals surface area contributed by atoms with Gasteiger partial charge in [-0.3, -0.25) is 4.68 Å². The lowest BCUT2D eigenvalue weighted by Gasteiger charge is -2.28. The number of oxime groups is 1. The fraction of sp³-hybridized carbons (Fsp3) is 0.312. The predicted octanol–water partition coefficient (Wildman–Crippen LogP) is 4.37. The molecule has 0 fully saturated rings. The minimum absolute atomic E-state index is 0.0314. The van der Waals surface area contributed by atoms with Crippen LogP contribution in [-0.4, -0.2) is 32.7 Å². The van der Waals surface area contributed by atoms with Crippen LogP contribution >= 0.6 is 11.6 Å². The first kappa shape index (κ1) is 21.0. The Kier molecular flexibility index (Phi) is 4.80. The van der Waals surface area contributed by atoms with Crippen molar-refractivity contribution in [3.8, 4) is 0 Å². The number of hydrogen-bond donors (Lipinski definition) is 1. The number of aryl methyl sites for hydroxylation is 1. The van der Waals surface area contributed by atoms with Crippen molar-refractivity contribution < 1.29 is 41.1 Å². The number of carbonyl (C=O) groups is 1. The van der Waals surface area contributed by atoms with E-state index in [1.807, 2.05) is 0 Å². The maximum atomic E-state index is 13.9. The zero-order valence-electron chi connectivity index (χ0n) is 14.3. The Balaban J connectivity index is 2.06. The second-order valence-corrected chi connectivity index (χ2v) is 6.57. The number of aromatic nitrogens is 2. The van der Waals surface area contributed by atoms with Crippen molar-refractivity contribution in [2.75, 3.05) is 0 Å². The van der Waals surface area contributed by atoms with Crippen LogP contribution in [0, 0.1) is 0 Å². The fourth-order valence-corrected chi connectivity index (χ4v) is 3.07. The van der Waals surface area contributed by atoms with Crippen LogP contribution in [0.1, 0.15) is 33.7 Å². The molecule has 1 aliphatic heterocycles. The van der Waals surface area contributed by atoms with E-state index >= 15 is 0 Å². The molecule has 6 nitrogen and oxygen atoms in total. The molecular weight excluding hydrogens is 432 g/mol. The number of nitrogens with zero attached hydrogens (tertiary/aromatic N) is 3. The average Bonchev–Trinajstić information content (AvgIpc) is 3.19. The monoisotopic (exact) mass is 441 g/mol. The highest BCUT2D eigenvalue weighted by molar-refractivity contribution is 6.33. The van der Waals surface area contributed by atoms with Crippen LogP contribution in [0.2, 0.25) is 5.02 Å². The number of hydrogen-bond acceptors (Lipinski definition) is 4. The largest absolute Gasteiger partial charge is 0.478 e. The van der Waals surface area contributed by atoms with Crippen molar-refractivity contribution in [3.05, 3.63) is 51.8 Å². The Hall–Kier alpha value is -2.76. The molecule has 1 aromatic carbocycles. The second-order valence-electron chi connectivity index (χ2n) is 6.17. The lowest BCUT2D eigenvalue weighted by molar-refractivity contribution is -0.278. The van der Waals surface area contributed by atoms with Crippen molar-refractivity contribution in [3.63, 3.8) is 0 Å². The summed E-state index contributed by atoms with van der Waals surface area (Å²) in [6.45, 7) is 0. The molecule has 1 atom stereocenters. The number of rotatable bonds is 3. The van der Waals surface area contributed by atoms with Gasteiger partial charge < -0.3 is 9.94 Å². The van der Waals surface area contributed by atoms with Crippen molar-refractivity contribution >= 4 is 23.3 Å². The molecule has 1 unspecified atom stereocenters. The summed E-state index contributed by atoms with van der Waals surface area (Å²) >= 11 is 5.74. The molecule has 0 bridgehead atoms. The molecule has 0 spiro atoms. The molecule has 2 aromatic rings. The summed E-state index contributed by atoms with van der Waals surface area (Å²) in [5, 5.41) is 15.4. The summed E-state index contributed by atoms with van der Waals surface area (Å²) in [5.41, 5.74) is -6.36. The summed E-state index contributed by atoms with van der Waals surface area (Å²) in [6.07, 6.45) is -11.1. The van der Waals surface area contributed by atoms with E-state index < -0.39 is 41.7 Å². The van der Waals surface area contributed by atoms with Crippen molar-refractivity contribution in [1.29, 1.82) is 0 Å². The third kappa shape index (κ3) is 3.52. The maximum Gasteiger partial charge on any atom is 0.437 e. The predicted molar refractivity (Wildman–Crippen MR) is 86.6 cm³/mol. The molecule has 0 aliphatic carbocycles. The first-order valence-electron chi connectivity index (χ1n) is 7.73. The minimum atomic E-state index is -5.16. The summed E-state index contributed by atoms with van der Waals surface area (Å²) in [6, 6.07) is 3.64. The third-order valence-corrected chi connectivity index (χ3v) is 4.63. The molecular formula is C16H10ClF6N3O3. The number of aromatic carboxylic acids is 1. The van der Waals surface area contributed by atoms with E-state index in [1.54, 1.807) is 0 Å². The Morgan fingerprint density at radius 3 is 2.41 bits per heavy atom. The molecule has 1 aromatic heterocycles. The van der Waals surface area contributed by atoms with Gasteiger partial charge in [0.25, 0.3) is 5.60 Å². The van der Waals surface area contributed by atoms with Gasteiger partial charge in [0.15, 0.2) is 5.69 Å². The molecule has 1 N–H and O–H groups in total. The highest BCUT2D eigenvalue weighted by atomic mass is 35.5. The molecule has 1 aliphatic rings. The van der Waals surface area contributed by atoms with Crippen LogP contribution < -0.4 is 0 Å². The molecule has 29 heavy (non-hydrogen) atoms. The molecule has 0 amide bonds. The second kappa shape index (κ2) is 6.65. The maximum absolute atomic E-state index is 13.9. The summed E-state index contributed by atoms with van der Waals surface area (Å²) in [5.74, 6) is -1.42. The van der Waals surface area contributed by atoms with E-state index in [4.69, 9.17) is 16.7 Å². The zero-order chi connectivity index (χ0) is 21.8. The Labute approximate surface area is 163 Å². The van der Waals surface area contributed by atoms with Gasteiger partial charge in [-0.15, -0.1) is 0 Å². The first-order chi connectivity index (χ1) is 13.3. The number of benzene rings is 1. The summed E-state index contributed by atoms with van der Waals surface area (Å²) in [4.78, 5) is 15.8. The topological polar surface area (TPSA) is 76.7 Å². The molecule has 0 saturated heterocycles. The standard InChI is InChI=1S/C16H10ClF6N3O3/c1-26-12(5-11(24-26)15(18,19)20)14(16(21,22)23)6-10(25-29-14)7-2-3-9(17)8(4-7)13(27)28/h2-5H,6H2,1H3,(H,27,28). The number of alkyl halides is 6. The van der Waals surface area contributed by atoms with Crippen LogP contribution in [0.5, 0.6) is 0 Å². The molecule has 2 heterocycles. The van der Waals surface area contributed by atoms with Gasteiger partial charge in [-0.25, -0.2) is 4.79 Å². The van der Waals surface area contributed by atoms with Crippen molar-refractivity contribution in [2.24, 2.45) is 12.2 Å². The van der Waals surface area contributed by atoms with Gasteiger partial charge in [0.2, 0.25) is 0 Å². The van der Waals surface area contributed by atoms with E-state index in [9.17, 15) is 31.1 Å². The SMILES string of the molecule is Cn1nc(C(F)(F)F)cc1C1(C(F)(F)F)CC(c2ccc(Cl)c(C(=O)O)c2)=NO1. The average molecular weight is 442 g/mol. The van der Waals surface area contributed by atoms with Crippen LogP contribution in [0.3, 0.4) is 0 Å². The Morgan fingerprint density at radius 1 is 1.24 bits per heavy atom. The van der Waals surface area contributed by atoms with Crippen LogP contribution in [0.4, 0.5) is 26.3 Å². The van der Waals surface area contributed by atoms with Crippen LogP contribution in [-0.2, 0) is 23.7 Å². The van der Waals surface area contributed by atoms with Gasteiger partial charge in [0, 0.05) is 12.6 Å². The van der Waals surface area contributed by atoms with Crippen LogP contribution in [0.15, 0.2) is 29.4 Å². The lowest BCUT2D eigenvalue weighted by Crippen LogP contribution is -2.44. The van der Waals surface area contributed by atoms with Gasteiger partial charge in [0.1, 0.15) is 0 Å². The Bertz CT molecular complexity index is 1010. The van der Waals surface area contributed by atoms with E-state index in [1.165, 1.54) is 6.07 Å². The highest BCUT2D eigenvalue weighted by Gasteiger charge is 2.64.